The van der Waals surface area contributed by atoms with Crippen LogP contribution in [0.5, 0.6) is 11.5 Å². The van der Waals surface area contributed by atoms with Crippen LogP contribution in [0.2, 0.25) is 0 Å². The lowest BCUT2D eigenvalue weighted by atomic mass is 10.2. The van der Waals surface area contributed by atoms with Gasteiger partial charge in [-0.2, -0.15) is 0 Å². The average molecular weight is 290 g/mol. The zero-order valence-corrected chi connectivity index (χ0v) is 11.8. The summed E-state index contributed by atoms with van der Waals surface area (Å²) in [5.41, 5.74) is 1.04. The van der Waals surface area contributed by atoms with Gasteiger partial charge in [0, 0.05) is 0 Å². The third-order valence-corrected chi connectivity index (χ3v) is 2.87. The van der Waals surface area contributed by atoms with Crippen LogP contribution >= 0.6 is 0 Å². The van der Waals surface area contributed by atoms with Crippen molar-refractivity contribution >= 4 is 5.97 Å². The quantitative estimate of drug-likeness (QED) is 0.793. The normalized spacial score (nSPS) is 10.0. The Morgan fingerprint density at radius 2 is 1.90 bits per heavy atom. The second kappa shape index (κ2) is 6.74. The molecule has 2 aromatic rings. The highest BCUT2D eigenvalue weighted by Crippen LogP contribution is 2.29. The summed E-state index contributed by atoms with van der Waals surface area (Å²) in [5.74, 6) is 0.0864. The van der Waals surface area contributed by atoms with E-state index in [4.69, 9.17) is 9.47 Å². The molecule has 5 heteroatoms. The van der Waals surface area contributed by atoms with Crippen molar-refractivity contribution in [3.63, 3.8) is 0 Å². The zero-order chi connectivity index (χ0) is 15.2. The van der Waals surface area contributed by atoms with Crippen LogP contribution in [-0.2, 0) is 11.3 Å². The van der Waals surface area contributed by atoms with Crippen LogP contribution in [0.3, 0.4) is 0 Å². The van der Waals surface area contributed by atoms with E-state index in [1.54, 1.807) is 24.3 Å². The summed E-state index contributed by atoms with van der Waals surface area (Å²) < 4.78 is 28.6. The molecule has 4 nitrogen and oxygen atoms in total. The number of benzene rings is 2. The van der Waals surface area contributed by atoms with Crippen molar-refractivity contribution in [3.8, 4) is 11.5 Å². The molecule has 0 N–H and O–H groups in total. The van der Waals surface area contributed by atoms with Crippen LogP contribution in [0, 0.1) is 5.82 Å². The topological polar surface area (TPSA) is 44.8 Å². The highest BCUT2D eigenvalue weighted by atomic mass is 19.1. The van der Waals surface area contributed by atoms with E-state index in [0.29, 0.717) is 22.6 Å². The monoisotopic (exact) mass is 290 g/mol. The van der Waals surface area contributed by atoms with Crippen LogP contribution in [0.1, 0.15) is 15.9 Å². The SMILES string of the molecule is COC(=O)c1ccc(OC)c(OCc2cccc(F)c2)c1. The van der Waals surface area contributed by atoms with Gasteiger partial charge < -0.3 is 14.2 Å². The van der Waals surface area contributed by atoms with Gasteiger partial charge in [0.2, 0.25) is 0 Å². The molecule has 0 bridgehead atoms. The van der Waals surface area contributed by atoms with E-state index < -0.39 is 5.97 Å². The molecule has 0 aromatic heterocycles. The van der Waals surface area contributed by atoms with Gasteiger partial charge in [0.25, 0.3) is 0 Å². The molecule has 0 saturated heterocycles. The Labute approximate surface area is 122 Å². The number of methoxy groups -OCH3 is 2. The predicted octanol–water partition coefficient (Wildman–Crippen LogP) is 3.20. The van der Waals surface area contributed by atoms with Crippen molar-refractivity contribution < 1.29 is 23.4 Å². The molecule has 110 valence electrons. The molecule has 21 heavy (non-hydrogen) atoms. The number of hydrogen-bond donors (Lipinski definition) is 0. The Bertz CT molecular complexity index is 640. The summed E-state index contributed by atoms with van der Waals surface area (Å²) >= 11 is 0. The smallest absolute Gasteiger partial charge is 0.337 e. The molecule has 0 fully saturated rings. The van der Waals surface area contributed by atoms with E-state index in [0.717, 1.165) is 0 Å². The Morgan fingerprint density at radius 3 is 2.57 bits per heavy atom. The van der Waals surface area contributed by atoms with E-state index in [2.05, 4.69) is 4.74 Å². The first kappa shape index (κ1) is 14.8. The minimum absolute atomic E-state index is 0.165. The van der Waals surface area contributed by atoms with Crippen LogP contribution in [0.25, 0.3) is 0 Å². The summed E-state index contributed by atoms with van der Waals surface area (Å²) in [6.07, 6.45) is 0. The number of carbonyl (C=O) groups excluding carboxylic acids is 1. The van der Waals surface area contributed by atoms with Gasteiger partial charge in [-0.3, -0.25) is 0 Å². The maximum Gasteiger partial charge on any atom is 0.337 e. The first-order valence-electron chi connectivity index (χ1n) is 6.27. The van der Waals surface area contributed by atoms with Crippen molar-refractivity contribution in [1.29, 1.82) is 0 Å². The molecule has 0 saturated carbocycles. The number of carbonyl (C=O) groups is 1. The number of ether oxygens (including phenoxy) is 3. The zero-order valence-electron chi connectivity index (χ0n) is 11.8. The summed E-state index contributed by atoms with van der Waals surface area (Å²) in [6, 6.07) is 10.8. The summed E-state index contributed by atoms with van der Waals surface area (Å²) in [7, 11) is 2.81. The lowest BCUT2D eigenvalue weighted by Gasteiger charge is -2.12. The molecular formula is C16H15FO4. The van der Waals surface area contributed by atoms with Gasteiger partial charge in [0.1, 0.15) is 12.4 Å². The average Bonchev–Trinajstić information content (AvgIpc) is 2.52. The van der Waals surface area contributed by atoms with Gasteiger partial charge in [-0.25, -0.2) is 9.18 Å². The van der Waals surface area contributed by atoms with E-state index in [1.165, 1.54) is 32.4 Å². The molecule has 0 aliphatic heterocycles. The fourth-order valence-corrected chi connectivity index (χ4v) is 1.82. The molecule has 0 aliphatic carbocycles. The molecule has 0 atom stereocenters. The number of rotatable bonds is 5. The lowest BCUT2D eigenvalue weighted by Crippen LogP contribution is -2.03. The van der Waals surface area contributed by atoms with Crippen molar-refractivity contribution in [1.82, 2.24) is 0 Å². The van der Waals surface area contributed by atoms with E-state index in [-0.39, 0.29) is 12.4 Å². The second-order valence-corrected chi connectivity index (χ2v) is 4.28. The molecule has 0 spiro atoms. The fourth-order valence-electron chi connectivity index (χ4n) is 1.82. The molecule has 0 heterocycles. The van der Waals surface area contributed by atoms with Crippen molar-refractivity contribution in [2.45, 2.75) is 6.61 Å². The van der Waals surface area contributed by atoms with E-state index >= 15 is 0 Å². The predicted molar refractivity (Wildman–Crippen MR) is 75.1 cm³/mol. The van der Waals surface area contributed by atoms with Crippen molar-refractivity contribution in [2.75, 3.05) is 14.2 Å². The molecule has 0 aliphatic rings. The summed E-state index contributed by atoms with van der Waals surface area (Å²) in [5, 5.41) is 0. The van der Waals surface area contributed by atoms with Crippen LogP contribution in [0.15, 0.2) is 42.5 Å². The summed E-state index contributed by atoms with van der Waals surface area (Å²) in [4.78, 5) is 11.5. The molecule has 0 unspecified atom stereocenters. The third kappa shape index (κ3) is 3.72. The lowest BCUT2D eigenvalue weighted by molar-refractivity contribution is 0.0600. The Balaban J connectivity index is 2.19. The summed E-state index contributed by atoms with van der Waals surface area (Å²) in [6.45, 7) is 0.165. The first-order valence-corrected chi connectivity index (χ1v) is 6.27. The Morgan fingerprint density at radius 1 is 1.10 bits per heavy atom. The van der Waals surface area contributed by atoms with Gasteiger partial charge in [0.05, 0.1) is 19.8 Å². The minimum Gasteiger partial charge on any atom is -0.493 e. The number of esters is 1. The number of halogens is 1. The Kier molecular flexibility index (Phi) is 4.77. The molecule has 0 radical (unpaired) electrons. The second-order valence-electron chi connectivity index (χ2n) is 4.28. The minimum atomic E-state index is -0.465. The van der Waals surface area contributed by atoms with Crippen LogP contribution in [0.4, 0.5) is 4.39 Å². The largest absolute Gasteiger partial charge is 0.493 e. The molecule has 2 rings (SSSR count). The standard InChI is InChI=1S/C16H15FO4/c1-19-14-7-6-12(16(18)20-2)9-15(14)21-10-11-4-3-5-13(17)8-11/h3-9H,10H2,1-2H3. The van der Waals surface area contributed by atoms with Gasteiger partial charge in [-0.15, -0.1) is 0 Å². The molecular weight excluding hydrogens is 275 g/mol. The molecule has 2 aromatic carbocycles. The van der Waals surface area contributed by atoms with Gasteiger partial charge in [-0.05, 0) is 35.9 Å². The van der Waals surface area contributed by atoms with Crippen LogP contribution < -0.4 is 9.47 Å². The number of hydrogen-bond acceptors (Lipinski definition) is 4. The highest BCUT2D eigenvalue weighted by molar-refractivity contribution is 5.90. The van der Waals surface area contributed by atoms with Crippen molar-refractivity contribution in [2.24, 2.45) is 0 Å². The van der Waals surface area contributed by atoms with Crippen molar-refractivity contribution in [3.05, 3.63) is 59.4 Å². The molecule has 0 amide bonds. The first-order chi connectivity index (χ1) is 10.1. The maximum atomic E-state index is 13.1. The van der Waals surface area contributed by atoms with Crippen LogP contribution in [-0.4, -0.2) is 20.2 Å². The maximum absolute atomic E-state index is 13.1. The van der Waals surface area contributed by atoms with Gasteiger partial charge in [-0.1, -0.05) is 12.1 Å². The van der Waals surface area contributed by atoms with Gasteiger partial charge >= 0.3 is 5.97 Å². The van der Waals surface area contributed by atoms with E-state index in [9.17, 15) is 9.18 Å². The Hall–Kier alpha value is -2.56. The fraction of sp³-hybridized carbons (Fsp3) is 0.188. The third-order valence-electron chi connectivity index (χ3n) is 2.87. The van der Waals surface area contributed by atoms with Gasteiger partial charge in [0.15, 0.2) is 11.5 Å². The highest BCUT2D eigenvalue weighted by Gasteiger charge is 2.11. The van der Waals surface area contributed by atoms with E-state index in [1.807, 2.05) is 0 Å².